The van der Waals surface area contributed by atoms with Gasteiger partial charge in [-0.1, -0.05) is 45.2 Å². The molecule has 4 bridgehead atoms. The number of nitrogens with zero attached hydrogens (tertiary/aromatic N) is 2. The molecule has 0 aliphatic heterocycles. The minimum Gasteiger partial charge on any atom is -0.346 e. The molecule has 2 aromatic carbocycles. The number of benzene rings is 2. The fraction of sp³-hybridized carbons (Fsp3) is 0.407. The van der Waals surface area contributed by atoms with Crippen LogP contribution in [0.15, 0.2) is 57.9 Å². The highest BCUT2D eigenvalue weighted by molar-refractivity contribution is 9.10. The third-order valence-electron chi connectivity index (χ3n) is 8.04. The second-order valence-corrected chi connectivity index (χ2v) is 12.4. The van der Waals surface area contributed by atoms with Gasteiger partial charge < -0.3 is 5.32 Å². The first kappa shape index (κ1) is 23.4. The summed E-state index contributed by atoms with van der Waals surface area (Å²) in [5, 5.41) is 4.41. The number of carbonyl (C=O) groups is 1. The third-order valence-corrected chi connectivity index (χ3v) is 9.15. The quantitative estimate of drug-likeness (QED) is 0.380. The highest BCUT2D eigenvalue weighted by Gasteiger charge is 2.51. The SMILES string of the molecule is O=C(NC12CC3CC(CC(C3)C1)C2)c1cn(Cc2ccc(Cl)cc2Cl)n(-c2ccc(Br)cc2)c1=O. The molecule has 1 heterocycles. The molecule has 4 saturated carbocycles. The zero-order valence-corrected chi connectivity index (χ0v) is 22.2. The third kappa shape index (κ3) is 4.38. The normalized spacial score (nSPS) is 26.8. The van der Waals surface area contributed by atoms with Gasteiger partial charge >= 0.3 is 0 Å². The van der Waals surface area contributed by atoms with E-state index in [2.05, 4.69) is 21.2 Å². The summed E-state index contributed by atoms with van der Waals surface area (Å²) < 4.78 is 4.22. The van der Waals surface area contributed by atoms with Gasteiger partial charge in [0.25, 0.3) is 11.5 Å². The van der Waals surface area contributed by atoms with Crippen molar-refractivity contribution in [1.82, 2.24) is 14.7 Å². The van der Waals surface area contributed by atoms with Crippen molar-refractivity contribution in [3.05, 3.63) is 84.7 Å². The van der Waals surface area contributed by atoms with Crippen molar-refractivity contribution in [2.75, 3.05) is 0 Å². The van der Waals surface area contributed by atoms with Crippen LogP contribution >= 0.6 is 39.1 Å². The van der Waals surface area contributed by atoms with Crippen LogP contribution in [0, 0.1) is 17.8 Å². The van der Waals surface area contributed by atoms with Gasteiger partial charge in [0, 0.05) is 26.3 Å². The highest BCUT2D eigenvalue weighted by Crippen LogP contribution is 2.55. The van der Waals surface area contributed by atoms with E-state index >= 15 is 0 Å². The molecule has 0 spiro atoms. The highest BCUT2D eigenvalue weighted by atomic mass is 79.9. The van der Waals surface area contributed by atoms with E-state index in [-0.39, 0.29) is 22.6 Å². The molecule has 4 fully saturated rings. The number of carbonyl (C=O) groups excluding carboxylic acids is 1. The average molecular weight is 575 g/mol. The van der Waals surface area contributed by atoms with Gasteiger partial charge in [0.1, 0.15) is 5.56 Å². The Kier molecular flexibility index (Phi) is 5.89. The Morgan fingerprint density at radius 3 is 2.23 bits per heavy atom. The molecule has 4 aliphatic rings. The molecular formula is C27H26BrCl2N3O2. The Balaban J connectivity index is 1.37. The first-order valence-corrected chi connectivity index (χ1v) is 13.7. The van der Waals surface area contributed by atoms with Crippen LogP contribution in [0.5, 0.6) is 0 Å². The van der Waals surface area contributed by atoms with Crippen LogP contribution in [0.4, 0.5) is 0 Å². The standard InChI is InChI=1S/C27H26BrCl2N3O2/c28-20-2-5-22(6-3-20)33-26(35)23(15-32(33)14-19-1-4-21(29)10-24(19)30)25(34)31-27-11-16-7-17(12-27)9-18(8-16)13-27/h1-6,10,15-18H,7-9,11-14H2,(H,31,34). The summed E-state index contributed by atoms with van der Waals surface area (Å²) in [6.45, 7) is 0.325. The summed E-state index contributed by atoms with van der Waals surface area (Å²) in [5.41, 5.74) is 1.15. The Labute approximate surface area is 222 Å². The van der Waals surface area contributed by atoms with Gasteiger partial charge in [0.15, 0.2) is 0 Å². The van der Waals surface area contributed by atoms with Gasteiger partial charge in [-0.05, 0) is 98.2 Å². The molecule has 8 heteroatoms. The van der Waals surface area contributed by atoms with Crippen molar-refractivity contribution in [1.29, 1.82) is 0 Å². The number of halogens is 3. The number of hydrogen-bond acceptors (Lipinski definition) is 2. The summed E-state index contributed by atoms with van der Waals surface area (Å²) in [6, 6.07) is 12.8. The minimum absolute atomic E-state index is 0.161. The van der Waals surface area contributed by atoms with Crippen molar-refractivity contribution in [3.8, 4) is 5.69 Å². The smallest absolute Gasteiger partial charge is 0.284 e. The molecule has 0 atom stereocenters. The lowest BCUT2D eigenvalue weighted by molar-refractivity contribution is -0.0167. The van der Waals surface area contributed by atoms with E-state index in [1.165, 1.54) is 19.3 Å². The number of aromatic nitrogens is 2. The summed E-state index contributed by atoms with van der Waals surface area (Å²) in [7, 11) is 0. The fourth-order valence-corrected chi connectivity index (χ4v) is 7.74. The van der Waals surface area contributed by atoms with Crippen LogP contribution in [0.25, 0.3) is 5.69 Å². The van der Waals surface area contributed by atoms with Gasteiger partial charge in [-0.2, -0.15) is 0 Å². The number of rotatable bonds is 5. The van der Waals surface area contributed by atoms with Crippen molar-refractivity contribution in [2.45, 2.75) is 50.6 Å². The van der Waals surface area contributed by atoms with Crippen molar-refractivity contribution >= 4 is 45.0 Å². The van der Waals surface area contributed by atoms with E-state index in [1.807, 2.05) is 30.3 Å². The van der Waals surface area contributed by atoms with E-state index in [4.69, 9.17) is 23.2 Å². The predicted octanol–water partition coefficient (Wildman–Crippen LogP) is 6.46. The second kappa shape index (κ2) is 8.82. The lowest BCUT2D eigenvalue weighted by Crippen LogP contribution is -2.60. The Bertz CT molecular complexity index is 1330. The van der Waals surface area contributed by atoms with Gasteiger partial charge in [-0.25, -0.2) is 4.68 Å². The molecule has 0 radical (unpaired) electrons. The molecular weight excluding hydrogens is 549 g/mol. The van der Waals surface area contributed by atoms with Crippen molar-refractivity contribution in [3.63, 3.8) is 0 Å². The first-order chi connectivity index (χ1) is 16.8. The van der Waals surface area contributed by atoms with E-state index in [1.54, 1.807) is 27.7 Å². The maximum Gasteiger partial charge on any atom is 0.284 e. The lowest BCUT2D eigenvalue weighted by Gasteiger charge is -2.56. The Morgan fingerprint density at radius 1 is 1.00 bits per heavy atom. The van der Waals surface area contributed by atoms with Crippen LogP contribution in [0.3, 0.4) is 0 Å². The molecule has 35 heavy (non-hydrogen) atoms. The van der Waals surface area contributed by atoms with E-state index in [0.29, 0.717) is 40.0 Å². The zero-order valence-electron chi connectivity index (χ0n) is 19.1. The Morgan fingerprint density at radius 2 is 1.63 bits per heavy atom. The van der Waals surface area contributed by atoms with Gasteiger partial charge in [0.05, 0.1) is 12.2 Å². The number of hydrogen-bond donors (Lipinski definition) is 1. The van der Waals surface area contributed by atoms with E-state index in [9.17, 15) is 9.59 Å². The molecule has 1 N–H and O–H groups in total. The monoisotopic (exact) mass is 573 g/mol. The molecule has 182 valence electrons. The van der Waals surface area contributed by atoms with Gasteiger partial charge in [0.2, 0.25) is 0 Å². The molecule has 0 saturated heterocycles. The average Bonchev–Trinajstić information content (AvgIpc) is 3.11. The first-order valence-electron chi connectivity index (χ1n) is 12.1. The maximum atomic E-state index is 13.6. The number of amides is 1. The van der Waals surface area contributed by atoms with Crippen LogP contribution in [-0.2, 0) is 6.54 Å². The second-order valence-electron chi connectivity index (χ2n) is 10.6. The molecule has 7 rings (SSSR count). The summed E-state index contributed by atoms with van der Waals surface area (Å²) in [5.74, 6) is 1.84. The predicted molar refractivity (Wildman–Crippen MR) is 142 cm³/mol. The molecule has 4 aliphatic carbocycles. The molecule has 1 amide bonds. The Hall–Kier alpha value is -2.02. The van der Waals surface area contributed by atoms with Crippen LogP contribution in [0.1, 0.15) is 54.4 Å². The fourth-order valence-electron chi connectivity index (χ4n) is 7.01. The molecule has 0 unspecified atom stereocenters. The van der Waals surface area contributed by atoms with Crippen molar-refractivity contribution < 1.29 is 4.79 Å². The van der Waals surface area contributed by atoms with Crippen molar-refractivity contribution in [2.24, 2.45) is 17.8 Å². The number of nitrogens with one attached hydrogen (secondary N) is 1. The van der Waals surface area contributed by atoms with Crippen LogP contribution in [-0.4, -0.2) is 20.8 Å². The largest absolute Gasteiger partial charge is 0.346 e. The van der Waals surface area contributed by atoms with Gasteiger partial charge in [-0.15, -0.1) is 0 Å². The van der Waals surface area contributed by atoms with E-state index in [0.717, 1.165) is 29.3 Å². The van der Waals surface area contributed by atoms with Crippen LogP contribution < -0.4 is 10.9 Å². The lowest BCUT2D eigenvalue weighted by atomic mass is 9.53. The molecule has 5 nitrogen and oxygen atoms in total. The van der Waals surface area contributed by atoms with E-state index < -0.39 is 0 Å². The zero-order chi connectivity index (χ0) is 24.3. The maximum absolute atomic E-state index is 13.6. The minimum atomic E-state index is -0.334. The molecule has 3 aromatic rings. The van der Waals surface area contributed by atoms with Crippen LogP contribution in [0.2, 0.25) is 10.0 Å². The summed E-state index contributed by atoms with van der Waals surface area (Å²) in [6.07, 6.45) is 8.65. The topological polar surface area (TPSA) is 56.0 Å². The van der Waals surface area contributed by atoms with Gasteiger partial charge in [-0.3, -0.25) is 14.3 Å². The molecule has 1 aromatic heterocycles. The summed E-state index contributed by atoms with van der Waals surface area (Å²) >= 11 is 16.0. The summed E-state index contributed by atoms with van der Waals surface area (Å²) in [4.78, 5) is 27.2.